The molecule has 0 bridgehead atoms. The van der Waals surface area contributed by atoms with E-state index in [9.17, 15) is 9.59 Å². The highest BCUT2D eigenvalue weighted by Crippen LogP contribution is 2.14. The minimum atomic E-state index is -0.923. The van der Waals surface area contributed by atoms with Gasteiger partial charge >= 0.3 is 11.5 Å². The second-order valence-corrected chi connectivity index (χ2v) is 4.87. The number of fused-ring (bicyclic) bond motifs is 1. The first-order valence-corrected chi connectivity index (χ1v) is 6.91. The summed E-state index contributed by atoms with van der Waals surface area (Å²) in [5.74, 6) is 0.219. The van der Waals surface area contributed by atoms with Gasteiger partial charge in [0, 0.05) is 24.5 Å². The maximum atomic E-state index is 12.5. The molecule has 8 nitrogen and oxygen atoms in total. The highest BCUT2D eigenvalue weighted by molar-refractivity contribution is 5.66. The maximum Gasteiger partial charge on any atom is 0.303 e. The third-order valence-electron chi connectivity index (χ3n) is 3.45. The van der Waals surface area contributed by atoms with E-state index >= 15 is 0 Å². The Labute approximate surface area is 130 Å². The van der Waals surface area contributed by atoms with Crippen LogP contribution >= 0.6 is 0 Å². The van der Waals surface area contributed by atoms with Crippen LogP contribution in [0.2, 0.25) is 0 Å². The molecule has 118 valence electrons. The molecule has 0 radical (unpaired) electrons. The van der Waals surface area contributed by atoms with Gasteiger partial charge in [0.2, 0.25) is 5.65 Å². The molecule has 0 fully saturated rings. The lowest BCUT2D eigenvalue weighted by Gasteiger charge is -2.07. The zero-order chi connectivity index (χ0) is 16.4. The number of hydrogen-bond donors (Lipinski definition) is 1. The van der Waals surface area contributed by atoms with E-state index in [-0.39, 0.29) is 24.0 Å². The summed E-state index contributed by atoms with van der Waals surface area (Å²) in [5, 5.41) is 16.5. The lowest BCUT2D eigenvalue weighted by atomic mass is 10.3. The predicted molar refractivity (Wildman–Crippen MR) is 81.1 cm³/mol. The largest absolute Gasteiger partial charge is 0.497 e. The zero-order valence-corrected chi connectivity index (χ0v) is 12.3. The van der Waals surface area contributed by atoms with Gasteiger partial charge < -0.3 is 9.84 Å². The second kappa shape index (κ2) is 5.91. The molecule has 0 amide bonds. The SMILES string of the molecule is COc1ccc(-n2ccn3c(CCC(=O)O)nnc3c2=O)cc1. The molecular formula is C15H14N4O4. The number of aromatic nitrogens is 4. The lowest BCUT2D eigenvalue weighted by Crippen LogP contribution is -2.20. The number of hydrogen-bond acceptors (Lipinski definition) is 5. The number of methoxy groups -OCH3 is 1. The number of aryl methyl sites for hydroxylation is 1. The minimum absolute atomic E-state index is 0.0671. The Balaban J connectivity index is 2.02. The summed E-state index contributed by atoms with van der Waals surface area (Å²) < 4.78 is 8.06. The van der Waals surface area contributed by atoms with Crippen LogP contribution in [0.4, 0.5) is 0 Å². The number of nitrogens with zero attached hydrogens (tertiary/aromatic N) is 4. The summed E-state index contributed by atoms with van der Waals surface area (Å²) >= 11 is 0. The molecule has 0 aliphatic heterocycles. The van der Waals surface area contributed by atoms with Gasteiger partial charge in [-0.25, -0.2) is 0 Å². The van der Waals surface area contributed by atoms with Crippen LogP contribution in [-0.4, -0.2) is 37.4 Å². The van der Waals surface area contributed by atoms with Gasteiger partial charge in [-0.05, 0) is 24.3 Å². The molecule has 0 aliphatic rings. The van der Waals surface area contributed by atoms with E-state index in [1.54, 1.807) is 43.8 Å². The first kappa shape index (κ1) is 14.8. The topological polar surface area (TPSA) is 98.7 Å². The van der Waals surface area contributed by atoms with Crippen molar-refractivity contribution in [3.8, 4) is 11.4 Å². The predicted octanol–water partition coefficient (Wildman–Crippen LogP) is 0.906. The number of rotatable bonds is 5. The molecule has 0 aliphatic carbocycles. The fraction of sp³-hybridized carbons (Fsp3) is 0.200. The molecule has 0 spiro atoms. The van der Waals surface area contributed by atoms with Crippen molar-refractivity contribution < 1.29 is 14.6 Å². The number of carbonyl (C=O) groups is 1. The van der Waals surface area contributed by atoms with Crippen LogP contribution < -0.4 is 10.3 Å². The average Bonchev–Trinajstić information content (AvgIpc) is 2.97. The van der Waals surface area contributed by atoms with Crippen LogP contribution in [0.15, 0.2) is 41.5 Å². The van der Waals surface area contributed by atoms with Crippen molar-refractivity contribution in [3.05, 3.63) is 52.8 Å². The highest BCUT2D eigenvalue weighted by Gasteiger charge is 2.12. The van der Waals surface area contributed by atoms with Crippen molar-refractivity contribution in [1.82, 2.24) is 19.2 Å². The van der Waals surface area contributed by atoms with E-state index in [4.69, 9.17) is 9.84 Å². The van der Waals surface area contributed by atoms with E-state index in [2.05, 4.69) is 10.2 Å². The maximum absolute atomic E-state index is 12.5. The molecule has 0 saturated heterocycles. The molecule has 8 heteroatoms. The molecule has 1 N–H and O–H groups in total. The fourth-order valence-corrected chi connectivity index (χ4v) is 2.27. The Morgan fingerprint density at radius 1 is 1.22 bits per heavy atom. The van der Waals surface area contributed by atoms with Gasteiger partial charge in [-0.3, -0.25) is 18.6 Å². The van der Waals surface area contributed by atoms with E-state index in [0.29, 0.717) is 17.3 Å². The van der Waals surface area contributed by atoms with Crippen LogP contribution in [0.25, 0.3) is 11.3 Å². The molecule has 0 unspecified atom stereocenters. The quantitative estimate of drug-likeness (QED) is 0.751. The minimum Gasteiger partial charge on any atom is -0.497 e. The van der Waals surface area contributed by atoms with E-state index in [1.165, 1.54) is 8.97 Å². The van der Waals surface area contributed by atoms with E-state index in [0.717, 1.165) is 0 Å². The van der Waals surface area contributed by atoms with Gasteiger partial charge in [0.15, 0.2) is 0 Å². The van der Waals surface area contributed by atoms with Crippen molar-refractivity contribution in [3.63, 3.8) is 0 Å². The van der Waals surface area contributed by atoms with Crippen LogP contribution in [0, 0.1) is 0 Å². The number of carboxylic acid groups (broad SMARTS) is 1. The van der Waals surface area contributed by atoms with Gasteiger partial charge in [-0.2, -0.15) is 0 Å². The summed E-state index contributed by atoms with van der Waals surface area (Å²) in [5.41, 5.74) is 0.504. The van der Waals surface area contributed by atoms with Crippen molar-refractivity contribution in [2.75, 3.05) is 7.11 Å². The van der Waals surface area contributed by atoms with Gasteiger partial charge in [0.25, 0.3) is 0 Å². The Kier molecular flexibility index (Phi) is 3.80. The summed E-state index contributed by atoms with van der Waals surface area (Å²) in [4.78, 5) is 23.2. The molecular weight excluding hydrogens is 300 g/mol. The summed E-state index contributed by atoms with van der Waals surface area (Å²) in [6.45, 7) is 0. The van der Waals surface area contributed by atoms with Gasteiger partial charge in [-0.1, -0.05) is 0 Å². The van der Waals surface area contributed by atoms with Crippen LogP contribution in [-0.2, 0) is 11.2 Å². The number of benzene rings is 1. The van der Waals surface area contributed by atoms with Crippen LogP contribution in [0.1, 0.15) is 12.2 Å². The van der Waals surface area contributed by atoms with Gasteiger partial charge in [0.05, 0.1) is 13.5 Å². The van der Waals surface area contributed by atoms with E-state index in [1.807, 2.05) is 0 Å². The van der Waals surface area contributed by atoms with Crippen LogP contribution in [0.5, 0.6) is 5.75 Å². The van der Waals surface area contributed by atoms with Crippen LogP contribution in [0.3, 0.4) is 0 Å². The van der Waals surface area contributed by atoms with Crippen molar-refractivity contribution >= 4 is 11.6 Å². The molecule has 3 rings (SSSR count). The highest BCUT2D eigenvalue weighted by atomic mass is 16.5. The fourth-order valence-electron chi connectivity index (χ4n) is 2.27. The van der Waals surface area contributed by atoms with E-state index < -0.39 is 5.97 Å². The smallest absolute Gasteiger partial charge is 0.303 e. The lowest BCUT2D eigenvalue weighted by molar-refractivity contribution is -0.137. The summed E-state index contributed by atoms with van der Waals surface area (Å²) in [7, 11) is 1.57. The molecule has 0 atom stereocenters. The number of carboxylic acids is 1. The number of aliphatic carboxylic acids is 1. The normalized spacial score (nSPS) is 10.8. The molecule has 0 saturated carbocycles. The van der Waals surface area contributed by atoms with Crippen molar-refractivity contribution in [2.24, 2.45) is 0 Å². The second-order valence-electron chi connectivity index (χ2n) is 4.87. The van der Waals surface area contributed by atoms with Crippen molar-refractivity contribution in [2.45, 2.75) is 12.8 Å². The van der Waals surface area contributed by atoms with Gasteiger partial charge in [-0.15, -0.1) is 10.2 Å². The van der Waals surface area contributed by atoms with Gasteiger partial charge in [0.1, 0.15) is 11.6 Å². The average molecular weight is 314 g/mol. The molecule has 2 aromatic heterocycles. The Bertz CT molecular complexity index is 911. The standard InChI is InChI=1S/C15H14N4O4/c1-23-11-4-2-10(3-5-11)18-8-9-19-12(6-7-13(20)21)16-17-14(19)15(18)22/h2-5,8-9H,6-7H2,1H3,(H,20,21). The zero-order valence-electron chi connectivity index (χ0n) is 12.3. The third kappa shape index (κ3) is 2.78. The monoisotopic (exact) mass is 314 g/mol. The first-order valence-electron chi connectivity index (χ1n) is 6.91. The Hall–Kier alpha value is -3.16. The molecule has 3 aromatic rings. The Morgan fingerprint density at radius 2 is 1.96 bits per heavy atom. The third-order valence-corrected chi connectivity index (χ3v) is 3.45. The molecule has 2 heterocycles. The number of ether oxygens (including phenoxy) is 1. The Morgan fingerprint density at radius 3 is 2.61 bits per heavy atom. The summed E-state index contributed by atoms with van der Waals surface area (Å²) in [6.07, 6.45) is 3.40. The first-order chi connectivity index (χ1) is 11.1. The molecule has 1 aromatic carbocycles. The van der Waals surface area contributed by atoms with Crippen molar-refractivity contribution in [1.29, 1.82) is 0 Å². The molecule has 23 heavy (non-hydrogen) atoms. The summed E-state index contributed by atoms with van der Waals surface area (Å²) in [6, 6.07) is 7.04.